The number of amides is 2. The molecule has 0 aromatic carbocycles. The van der Waals surface area contributed by atoms with E-state index in [0.29, 0.717) is 6.54 Å². The van der Waals surface area contributed by atoms with Gasteiger partial charge in [0.15, 0.2) is 0 Å². The molecule has 1 rings (SSSR count). The molecule has 7 nitrogen and oxygen atoms in total. The van der Waals surface area contributed by atoms with Gasteiger partial charge in [-0.05, 0) is 6.42 Å². The summed E-state index contributed by atoms with van der Waals surface area (Å²) in [7, 11) is 1.44. The van der Waals surface area contributed by atoms with E-state index in [1.807, 2.05) is 10.8 Å². The standard InChI is InChI=1S/C10H16N4O3/c1-13(7-9(15)16)10(17)12-3-2-5-14-6-4-11-8-14/h4,6,8H,2-3,5,7H2,1H3,(H,12,17)(H,15,16). The molecule has 1 aromatic heterocycles. The minimum Gasteiger partial charge on any atom is -0.480 e. The quantitative estimate of drug-likeness (QED) is 0.685. The average Bonchev–Trinajstić information content (AvgIpc) is 2.75. The minimum atomic E-state index is -1.03. The molecule has 2 amide bonds. The van der Waals surface area contributed by atoms with E-state index in [2.05, 4.69) is 10.3 Å². The van der Waals surface area contributed by atoms with Crippen molar-refractivity contribution in [3.8, 4) is 0 Å². The lowest BCUT2D eigenvalue weighted by Crippen LogP contribution is -2.40. The topological polar surface area (TPSA) is 87.5 Å². The first-order chi connectivity index (χ1) is 8.09. The van der Waals surface area contributed by atoms with Crippen LogP contribution in [-0.2, 0) is 11.3 Å². The smallest absolute Gasteiger partial charge is 0.323 e. The number of hydrogen-bond donors (Lipinski definition) is 2. The number of carboxylic acid groups (broad SMARTS) is 1. The van der Waals surface area contributed by atoms with Gasteiger partial charge in [0, 0.05) is 32.5 Å². The summed E-state index contributed by atoms with van der Waals surface area (Å²) in [6.45, 7) is 0.969. The Bertz CT molecular complexity index is 364. The van der Waals surface area contributed by atoms with E-state index < -0.39 is 5.97 Å². The zero-order valence-electron chi connectivity index (χ0n) is 9.67. The molecule has 0 bridgehead atoms. The van der Waals surface area contributed by atoms with Gasteiger partial charge >= 0.3 is 12.0 Å². The van der Waals surface area contributed by atoms with Crippen LogP contribution in [0.4, 0.5) is 4.79 Å². The first-order valence-electron chi connectivity index (χ1n) is 5.26. The summed E-state index contributed by atoms with van der Waals surface area (Å²) in [6.07, 6.45) is 6.01. The number of aliphatic carboxylic acids is 1. The van der Waals surface area contributed by atoms with Gasteiger partial charge in [0.05, 0.1) is 6.33 Å². The van der Waals surface area contributed by atoms with Crippen LogP contribution in [0.2, 0.25) is 0 Å². The number of nitrogens with zero attached hydrogens (tertiary/aromatic N) is 3. The van der Waals surface area contributed by atoms with E-state index in [1.165, 1.54) is 7.05 Å². The Labute approximate surface area is 99.1 Å². The highest BCUT2D eigenvalue weighted by atomic mass is 16.4. The molecule has 0 fully saturated rings. The maximum atomic E-state index is 11.4. The minimum absolute atomic E-state index is 0.298. The summed E-state index contributed by atoms with van der Waals surface area (Å²) < 4.78 is 1.91. The van der Waals surface area contributed by atoms with E-state index in [0.717, 1.165) is 17.9 Å². The van der Waals surface area contributed by atoms with E-state index in [4.69, 9.17) is 5.11 Å². The van der Waals surface area contributed by atoms with E-state index in [-0.39, 0.29) is 12.6 Å². The van der Waals surface area contributed by atoms with Crippen molar-refractivity contribution in [2.24, 2.45) is 0 Å². The summed E-state index contributed by atoms with van der Waals surface area (Å²) in [6, 6.07) is -0.377. The number of nitrogens with one attached hydrogen (secondary N) is 1. The van der Waals surface area contributed by atoms with Crippen LogP contribution in [0.25, 0.3) is 0 Å². The molecule has 1 heterocycles. The number of aromatic nitrogens is 2. The summed E-state index contributed by atoms with van der Waals surface area (Å²) in [4.78, 5) is 26.8. The zero-order valence-corrected chi connectivity index (χ0v) is 9.67. The number of likely N-dealkylation sites (N-methyl/N-ethyl adjacent to an activating group) is 1. The number of urea groups is 1. The van der Waals surface area contributed by atoms with Crippen molar-refractivity contribution in [1.29, 1.82) is 0 Å². The van der Waals surface area contributed by atoms with Gasteiger partial charge in [0.2, 0.25) is 0 Å². The van der Waals surface area contributed by atoms with Gasteiger partial charge in [-0.25, -0.2) is 9.78 Å². The molecule has 94 valence electrons. The Morgan fingerprint density at radius 2 is 2.29 bits per heavy atom. The first kappa shape index (κ1) is 13.0. The van der Waals surface area contributed by atoms with E-state index in [1.54, 1.807) is 12.5 Å². The summed E-state index contributed by atoms with van der Waals surface area (Å²) >= 11 is 0. The van der Waals surface area contributed by atoms with Gasteiger partial charge in [0.25, 0.3) is 0 Å². The highest BCUT2D eigenvalue weighted by molar-refractivity contribution is 5.79. The Morgan fingerprint density at radius 1 is 1.53 bits per heavy atom. The van der Waals surface area contributed by atoms with Crippen molar-refractivity contribution in [2.45, 2.75) is 13.0 Å². The average molecular weight is 240 g/mol. The van der Waals surface area contributed by atoms with Gasteiger partial charge in [0.1, 0.15) is 6.54 Å². The maximum absolute atomic E-state index is 11.4. The third kappa shape index (κ3) is 5.01. The molecule has 0 atom stereocenters. The highest BCUT2D eigenvalue weighted by Gasteiger charge is 2.10. The number of aryl methyl sites for hydroxylation is 1. The Hall–Kier alpha value is -2.05. The van der Waals surface area contributed by atoms with Crippen LogP contribution < -0.4 is 5.32 Å². The first-order valence-corrected chi connectivity index (χ1v) is 5.26. The fourth-order valence-corrected chi connectivity index (χ4v) is 1.29. The number of hydrogen-bond acceptors (Lipinski definition) is 3. The second-order valence-corrected chi connectivity index (χ2v) is 3.64. The van der Waals surface area contributed by atoms with Crippen LogP contribution in [0.3, 0.4) is 0 Å². The van der Waals surface area contributed by atoms with Crippen LogP contribution >= 0.6 is 0 Å². The molecule has 0 saturated carbocycles. The molecular formula is C10H16N4O3. The molecule has 0 aliphatic carbocycles. The van der Waals surface area contributed by atoms with Crippen molar-refractivity contribution >= 4 is 12.0 Å². The van der Waals surface area contributed by atoms with Crippen molar-refractivity contribution in [3.05, 3.63) is 18.7 Å². The molecular weight excluding hydrogens is 224 g/mol. The predicted molar refractivity (Wildman–Crippen MR) is 60.5 cm³/mol. The number of carboxylic acids is 1. The molecule has 1 aromatic rings. The fourth-order valence-electron chi connectivity index (χ4n) is 1.29. The number of carbonyl (C=O) groups is 2. The van der Waals surface area contributed by atoms with E-state index in [9.17, 15) is 9.59 Å². The Kier molecular flexibility index (Phi) is 4.99. The molecule has 7 heteroatoms. The predicted octanol–water partition coefficient (Wildman–Crippen LogP) is -0.000800. The van der Waals surface area contributed by atoms with Crippen molar-refractivity contribution in [3.63, 3.8) is 0 Å². The lowest BCUT2D eigenvalue weighted by atomic mass is 10.4. The van der Waals surface area contributed by atoms with Crippen LogP contribution in [0, 0.1) is 0 Å². The molecule has 0 radical (unpaired) electrons. The molecule has 0 saturated heterocycles. The summed E-state index contributed by atoms with van der Waals surface area (Å²) in [5.74, 6) is -1.03. The number of carbonyl (C=O) groups excluding carboxylic acids is 1. The third-order valence-corrected chi connectivity index (χ3v) is 2.15. The van der Waals surface area contributed by atoms with Crippen molar-refractivity contribution in [2.75, 3.05) is 20.1 Å². The van der Waals surface area contributed by atoms with Crippen LogP contribution in [-0.4, -0.2) is 51.7 Å². The molecule has 0 aliphatic heterocycles. The van der Waals surface area contributed by atoms with Gasteiger partial charge in [-0.2, -0.15) is 0 Å². The largest absolute Gasteiger partial charge is 0.480 e. The van der Waals surface area contributed by atoms with Crippen LogP contribution in [0.5, 0.6) is 0 Å². The number of rotatable bonds is 6. The number of imidazole rings is 1. The molecule has 0 spiro atoms. The second kappa shape index (κ2) is 6.51. The molecule has 17 heavy (non-hydrogen) atoms. The van der Waals surface area contributed by atoms with Crippen LogP contribution in [0.1, 0.15) is 6.42 Å². The van der Waals surface area contributed by atoms with Gasteiger partial charge < -0.3 is 19.9 Å². The lowest BCUT2D eigenvalue weighted by molar-refractivity contribution is -0.137. The molecule has 0 aliphatic rings. The fraction of sp³-hybridized carbons (Fsp3) is 0.500. The SMILES string of the molecule is CN(CC(=O)O)C(=O)NCCCn1ccnc1. The van der Waals surface area contributed by atoms with Gasteiger partial charge in [-0.15, -0.1) is 0 Å². The normalized spacial score (nSPS) is 9.94. The third-order valence-electron chi connectivity index (χ3n) is 2.15. The van der Waals surface area contributed by atoms with Crippen LogP contribution in [0.15, 0.2) is 18.7 Å². The Balaban J connectivity index is 2.13. The Morgan fingerprint density at radius 3 is 2.88 bits per heavy atom. The van der Waals surface area contributed by atoms with Gasteiger partial charge in [-0.3, -0.25) is 4.79 Å². The highest BCUT2D eigenvalue weighted by Crippen LogP contribution is 1.90. The van der Waals surface area contributed by atoms with Gasteiger partial charge in [-0.1, -0.05) is 0 Å². The monoisotopic (exact) mass is 240 g/mol. The lowest BCUT2D eigenvalue weighted by Gasteiger charge is -2.15. The zero-order chi connectivity index (χ0) is 12.7. The molecule has 0 unspecified atom stereocenters. The summed E-state index contributed by atoms with van der Waals surface area (Å²) in [5.41, 5.74) is 0. The maximum Gasteiger partial charge on any atom is 0.323 e. The van der Waals surface area contributed by atoms with Crippen molar-refractivity contribution < 1.29 is 14.7 Å². The van der Waals surface area contributed by atoms with Crippen molar-refractivity contribution in [1.82, 2.24) is 19.8 Å². The molecule has 2 N–H and O–H groups in total. The van der Waals surface area contributed by atoms with E-state index >= 15 is 0 Å². The summed E-state index contributed by atoms with van der Waals surface area (Å²) in [5, 5.41) is 11.1. The second-order valence-electron chi connectivity index (χ2n) is 3.64.